The first kappa shape index (κ1) is 40.0. The molecule has 3 aromatic carbocycles. The van der Waals surface area contributed by atoms with Gasteiger partial charge >= 0.3 is 17.9 Å². The van der Waals surface area contributed by atoms with E-state index in [9.17, 15) is 19.2 Å². The van der Waals surface area contributed by atoms with Gasteiger partial charge in [0.25, 0.3) is 5.56 Å². The van der Waals surface area contributed by atoms with Crippen LogP contribution in [-0.4, -0.2) is 56.0 Å². The molecular weight excluding hydrogens is 930 g/mol. The number of hydrogen-bond donors (Lipinski definition) is 0. The van der Waals surface area contributed by atoms with E-state index < -0.39 is 18.0 Å². The predicted molar refractivity (Wildman–Crippen MR) is 214 cm³/mol. The summed E-state index contributed by atoms with van der Waals surface area (Å²) in [5, 5.41) is 0. The van der Waals surface area contributed by atoms with Crippen molar-refractivity contribution in [2.24, 2.45) is 4.99 Å². The molecule has 0 saturated heterocycles. The second kappa shape index (κ2) is 18.2. The van der Waals surface area contributed by atoms with Crippen LogP contribution < -0.4 is 29.1 Å². The molecule has 0 bridgehead atoms. The molecule has 1 aromatic heterocycles. The zero-order valence-corrected chi connectivity index (χ0v) is 34.7. The van der Waals surface area contributed by atoms with E-state index in [1.165, 1.54) is 23.0 Å². The standard InChI is InChI=1S/C38H36I2N2O10S/c1-6-48-29-16-24(13-14-28(29)51-20-31(43)47-5)33-32(37(46)50-8-3)21(4)41-38-42(33)35(44)30(53-38)17-25-15-26(39)18-27(40)34(25)52-19-22-9-11-23(12-10-22)36(45)49-7-2/h9-18,33H,6-8,19-20H2,1-5H3/b30-17+/t33-/m0/s1. The Kier molecular flexibility index (Phi) is 13.7. The molecule has 0 N–H and O–H groups in total. The number of thiazole rings is 1. The number of nitrogens with zero attached hydrogens (tertiary/aromatic N) is 2. The number of carbonyl (C=O) groups excluding carboxylic acids is 3. The van der Waals surface area contributed by atoms with Gasteiger partial charge in [0.05, 0.1) is 57.9 Å². The highest BCUT2D eigenvalue weighted by molar-refractivity contribution is 14.1. The Labute approximate surface area is 336 Å². The van der Waals surface area contributed by atoms with Gasteiger partial charge in [-0.15, -0.1) is 0 Å². The number of aromatic nitrogens is 1. The minimum Gasteiger partial charge on any atom is -0.490 e. The molecule has 0 spiro atoms. The van der Waals surface area contributed by atoms with Gasteiger partial charge in [0.2, 0.25) is 0 Å². The van der Waals surface area contributed by atoms with Gasteiger partial charge < -0.3 is 28.4 Å². The maximum atomic E-state index is 14.4. The van der Waals surface area contributed by atoms with E-state index in [0.717, 1.165) is 12.7 Å². The monoisotopic (exact) mass is 966 g/mol. The molecule has 15 heteroatoms. The van der Waals surface area contributed by atoms with Crippen molar-refractivity contribution in [3.63, 3.8) is 0 Å². The first-order chi connectivity index (χ1) is 25.5. The number of methoxy groups -OCH3 is 1. The van der Waals surface area contributed by atoms with Gasteiger partial charge in [-0.25, -0.2) is 19.4 Å². The number of allylic oxidation sites excluding steroid dienone is 1. The maximum absolute atomic E-state index is 14.4. The average Bonchev–Trinajstić information content (AvgIpc) is 3.43. The lowest BCUT2D eigenvalue weighted by atomic mass is 9.95. The highest BCUT2D eigenvalue weighted by Crippen LogP contribution is 2.37. The van der Waals surface area contributed by atoms with Crippen molar-refractivity contribution in [3.8, 4) is 17.2 Å². The van der Waals surface area contributed by atoms with E-state index >= 15 is 0 Å². The van der Waals surface area contributed by atoms with Crippen molar-refractivity contribution in [2.75, 3.05) is 33.5 Å². The van der Waals surface area contributed by atoms with Gasteiger partial charge in [-0.1, -0.05) is 29.5 Å². The molecule has 1 aliphatic rings. The number of hydrogen-bond acceptors (Lipinski definition) is 12. The van der Waals surface area contributed by atoms with E-state index in [1.54, 1.807) is 64.1 Å². The van der Waals surface area contributed by atoms with Crippen molar-refractivity contribution >= 4 is 80.5 Å². The third-order valence-corrected chi connectivity index (χ3v) is 10.3. The second-order valence-electron chi connectivity index (χ2n) is 11.3. The molecule has 0 saturated carbocycles. The summed E-state index contributed by atoms with van der Waals surface area (Å²) in [7, 11) is 1.27. The van der Waals surface area contributed by atoms with E-state index in [-0.39, 0.29) is 36.9 Å². The molecule has 1 atom stereocenters. The van der Waals surface area contributed by atoms with Crippen molar-refractivity contribution in [1.82, 2.24) is 4.57 Å². The number of esters is 3. The zero-order chi connectivity index (χ0) is 38.2. The molecule has 5 rings (SSSR count). The Morgan fingerprint density at radius 3 is 2.28 bits per heavy atom. The zero-order valence-electron chi connectivity index (χ0n) is 29.5. The van der Waals surface area contributed by atoms with Crippen LogP contribution in [0.2, 0.25) is 0 Å². The van der Waals surface area contributed by atoms with Crippen LogP contribution in [0.3, 0.4) is 0 Å². The van der Waals surface area contributed by atoms with Crippen molar-refractivity contribution in [2.45, 2.75) is 40.3 Å². The smallest absolute Gasteiger partial charge is 0.343 e. The van der Waals surface area contributed by atoms with Crippen LogP contribution >= 0.6 is 56.5 Å². The highest BCUT2D eigenvalue weighted by Gasteiger charge is 2.34. The molecular formula is C38H36I2N2O10S. The van der Waals surface area contributed by atoms with Crippen LogP contribution in [0, 0.1) is 7.14 Å². The van der Waals surface area contributed by atoms with Crippen LogP contribution in [0.1, 0.15) is 60.8 Å². The van der Waals surface area contributed by atoms with Crippen LogP contribution in [0.15, 0.2) is 75.7 Å². The molecule has 0 aliphatic carbocycles. The summed E-state index contributed by atoms with van der Waals surface area (Å²) < 4.78 is 36.7. The lowest BCUT2D eigenvalue weighted by molar-refractivity contribution is -0.143. The largest absolute Gasteiger partial charge is 0.490 e. The summed E-state index contributed by atoms with van der Waals surface area (Å²) in [6.45, 7) is 7.57. The van der Waals surface area contributed by atoms with E-state index in [4.69, 9.17) is 33.4 Å². The van der Waals surface area contributed by atoms with E-state index in [1.807, 2.05) is 24.3 Å². The van der Waals surface area contributed by atoms with Gasteiger partial charge in [0.1, 0.15) is 12.4 Å². The highest BCUT2D eigenvalue weighted by atomic mass is 127. The van der Waals surface area contributed by atoms with Crippen LogP contribution in [0.5, 0.6) is 17.2 Å². The molecule has 0 unspecified atom stereocenters. The van der Waals surface area contributed by atoms with Crippen molar-refractivity contribution in [3.05, 3.63) is 115 Å². The first-order valence-electron chi connectivity index (χ1n) is 16.5. The third kappa shape index (κ3) is 9.29. The van der Waals surface area contributed by atoms with Crippen molar-refractivity contribution < 1.29 is 42.8 Å². The van der Waals surface area contributed by atoms with Gasteiger partial charge in [-0.05, 0) is 126 Å². The normalized spacial score (nSPS) is 13.9. The fraction of sp³-hybridized carbons (Fsp3) is 0.289. The minimum absolute atomic E-state index is 0.126. The van der Waals surface area contributed by atoms with Gasteiger partial charge in [-0.2, -0.15) is 0 Å². The summed E-state index contributed by atoms with van der Waals surface area (Å²) >= 11 is 5.61. The fourth-order valence-electron chi connectivity index (χ4n) is 5.47. The molecule has 278 valence electrons. The number of fused-ring (bicyclic) bond motifs is 1. The van der Waals surface area contributed by atoms with E-state index in [2.05, 4.69) is 45.2 Å². The lowest BCUT2D eigenvalue weighted by Crippen LogP contribution is -2.40. The average molecular weight is 967 g/mol. The van der Waals surface area contributed by atoms with Crippen LogP contribution in [0.4, 0.5) is 0 Å². The Morgan fingerprint density at radius 1 is 0.887 bits per heavy atom. The SMILES string of the molecule is CCOC(=O)C1=C(C)N=c2s/c(=C/c3cc(I)cc(I)c3OCc3ccc(C(=O)OCC)cc3)c(=O)n2[C@H]1c1ccc(OCC(=O)OC)c(OCC)c1. The number of rotatable bonds is 14. The number of benzene rings is 3. The third-order valence-electron chi connectivity index (χ3n) is 7.85. The Hall–Kier alpha value is -4.23. The van der Waals surface area contributed by atoms with Crippen LogP contribution in [0.25, 0.3) is 6.08 Å². The minimum atomic E-state index is -0.911. The molecule has 12 nitrogen and oxygen atoms in total. The molecule has 4 aromatic rings. The Balaban J connectivity index is 1.58. The Morgan fingerprint density at radius 2 is 1.60 bits per heavy atom. The van der Waals surface area contributed by atoms with Gasteiger partial charge in [0, 0.05) is 9.13 Å². The van der Waals surface area contributed by atoms with Gasteiger partial charge in [-0.3, -0.25) is 9.36 Å². The summed E-state index contributed by atoms with van der Waals surface area (Å²) in [5.41, 5.74) is 2.76. The molecule has 0 fully saturated rings. The molecule has 53 heavy (non-hydrogen) atoms. The van der Waals surface area contributed by atoms with E-state index in [0.29, 0.717) is 62.2 Å². The van der Waals surface area contributed by atoms with Crippen LogP contribution in [-0.2, 0) is 30.4 Å². The number of ether oxygens (including phenoxy) is 6. The predicted octanol–water partition coefficient (Wildman–Crippen LogP) is 5.71. The van der Waals surface area contributed by atoms with Gasteiger partial charge in [0.15, 0.2) is 22.9 Å². The lowest BCUT2D eigenvalue weighted by Gasteiger charge is -2.25. The summed E-state index contributed by atoms with van der Waals surface area (Å²) in [4.78, 5) is 56.9. The molecule has 0 amide bonds. The van der Waals surface area contributed by atoms with Crippen molar-refractivity contribution in [1.29, 1.82) is 0 Å². The second-order valence-corrected chi connectivity index (χ2v) is 14.7. The Bertz CT molecular complexity index is 2250. The quantitative estimate of drug-likeness (QED) is 0.0877. The maximum Gasteiger partial charge on any atom is 0.343 e. The topological polar surface area (TPSA) is 141 Å². The summed E-state index contributed by atoms with van der Waals surface area (Å²) in [6.07, 6.45) is 1.77. The number of halogens is 2. The molecule has 0 radical (unpaired) electrons. The number of carbonyl (C=O) groups is 3. The summed E-state index contributed by atoms with van der Waals surface area (Å²) in [5.74, 6) is -0.362. The fourth-order valence-corrected chi connectivity index (χ4v) is 8.56. The molecule has 2 heterocycles. The summed E-state index contributed by atoms with van der Waals surface area (Å²) in [6, 6.07) is 15.0. The molecule has 1 aliphatic heterocycles. The first-order valence-corrected chi connectivity index (χ1v) is 19.5.